The summed E-state index contributed by atoms with van der Waals surface area (Å²) < 4.78 is 12.6. The molecule has 1 aliphatic carbocycles. The van der Waals surface area contributed by atoms with E-state index in [1.54, 1.807) is 11.6 Å². The summed E-state index contributed by atoms with van der Waals surface area (Å²) in [5, 5.41) is 7.49. The van der Waals surface area contributed by atoms with Gasteiger partial charge in [-0.2, -0.15) is 0 Å². The van der Waals surface area contributed by atoms with Crippen LogP contribution in [0.4, 0.5) is 5.69 Å². The van der Waals surface area contributed by atoms with Gasteiger partial charge in [-0.3, -0.25) is 9.79 Å². The van der Waals surface area contributed by atoms with Crippen LogP contribution in [0.1, 0.15) is 48.6 Å². The monoisotopic (exact) mass is 435 g/mol. The molecule has 8 nitrogen and oxygen atoms in total. The molecular formula is C24H29N5O3. The molecule has 4 heterocycles. The normalized spacial score (nSPS) is 23.2. The summed E-state index contributed by atoms with van der Waals surface area (Å²) in [6, 6.07) is 4.03. The molecule has 5 rings (SSSR count). The highest BCUT2D eigenvalue weighted by atomic mass is 16.5. The first-order valence-corrected chi connectivity index (χ1v) is 11.2. The van der Waals surface area contributed by atoms with Crippen LogP contribution in [0.5, 0.6) is 0 Å². The van der Waals surface area contributed by atoms with Gasteiger partial charge in [0.2, 0.25) is 0 Å². The lowest BCUT2D eigenvalue weighted by molar-refractivity contribution is 0.122. The number of aryl methyl sites for hydroxylation is 1. The van der Waals surface area contributed by atoms with Crippen molar-refractivity contribution in [1.29, 1.82) is 0 Å². The highest BCUT2D eigenvalue weighted by Gasteiger charge is 2.28. The van der Waals surface area contributed by atoms with Crippen molar-refractivity contribution < 1.29 is 9.26 Å². The van der Waals surface area contributed by atoms with Crippen molar-refractivity contribution in [3.05, 3.63) is 64.1 Å². The zero-order chi connectivity index (χ0) is 22.2. The topological polar surface area (TPSA) is 84.9 Å². The van der Waals surface area contributed by atoms with Gasteiger partial charge in [0.15, 0.2) is 0 Å². The Morgan fingerprint density at radius 1 is 1.25 bits per heavy atom. The molecule has 0 spiro atoms. The first kappa shape index (κ1) is 20.8. The van der Waals surface area contributed by atoms with Gasteiger partial charge in [0.25, 0.3) is 5.56 Å². The van der Waals surface area contributed by atoms with Crippen molar-refractivity contribution in [2.45, 2.75) is 37.6 Å². The van der Waals surface area contributed by atoms with E-state index >= 15 is 0 Å². The Labute approximate surface area is 187 Å². The smallest absolute Gasteiger partial charge is 0.273 e. The van der Waals surface area contributed by atoms with Gasteiger partial charge in [-0.25, -0.2) is 0 Å². The average molecular weight is 436 g/mol. The number of anilines is 1. The highest BCUT2D eigenvalue weighted by Crippen LogP contribution is 2.40. The SMILES string of the molecule is C=C(NC1=CC(c2cc(N3CCOCC3)c(=O)n(C)c2)C(C)N=C1)c1cc(C2CC2)on1. The Morgan fingerprint density at radius 3 is 2.78 bits per heavy atom. The van der Waals surface area contributed by atoms with Crippen LogP contribution in [-0.2, 0) is 11.8 Å². The number of pyridine rings is 1. The molecule has 2 aromatic rings. The van der Waals surface area contributed by atoms with E-state index in [0.717, 1.165) is 48.6 Å². The van der Waals surface area contributed by atoms with Crippen LogP contribution >= 0.6 is 0 Å². The third-order valence-corrected chi connectivity index (χ3v) is 6.36. The minimum Gasteiger partial charge on any atom is -0.378 e. The summed E-state index contributed by atoms with van der Waals surface area (Å²) in [6.07, 6.45) is 8.22. The fourth-order valence-electron chi connectivity index (χ4n) is 4.28. The summed E-state index contributed by atoms with van der Waals surface area (Å²) in [5.41, 5.74) is 4.04. The third kappa shape index (κ3) is 4.14. The highest BCUT2D eigenvalue weighted by molar-refractivity contribution is 5.83. The lowest BCUT2D eigenvalue weighted by Crippen LogP contribution is -2.40. The van der Waals surface area contributed by atoms with E-state index < -0.39 is 0 Å². The Morgan fingerprint density at radius 2 is 2.03 bits per heavy atom. The number of nitrogens with one attached hydrogen (secondary N) is 1. The number of nitrogens with zero attached hydrogens (tertiary/aromatic N) is 4. The number of rotatable bonds is 6. The number of ether oxygens (including phenoxy) is 1. The van der Waals surface area contributed by atoms with Gasteiger partial charge < -0.3 is 24.0 Å². The van der Waals surface area contributed by atoms with Gasteiger partial charge in [-0.15, -0.1) is 0 Å². The molecule has 0 bridgehead atoms. The van der Waals surface area contributed by atoms with Gasteiger partial charge in [-0.1, -0.05) is 11.7 Å². The van der Waals surface area contributed by atoms with Crippen molar-refractivity contribution in [3.63, 3.8) is 0 Å². The number of hydrogen-bond donors (Lipinski definition) is 1. The first-order valence-electron chi connectivity index (χ1n) is 11.2. The van der Waals surface area contributed by atoms with Crippen LogP contribution in [0, 0.1) is 0 Å². The number of dihydropyridines is 1. The number of aliphatic imine (C=N–C) groups is 1. The van der Waals surface area contributed by atoms with E-state index in [1.165, 1.54) is 0 Å². The lowest BCUT2D eigenvalue weighted by Gasteiger charge is -2.30. The maximum Gasteiger partial charge on any atom is 0.273 e. The fourth-order valence-corrected chi connectivity index (χ4v) is 4.28. The predicted octanol–water partition coefficient (Wildman–Crippen LogP) is 2.79. The summed E-state index contributed by atoms with van der Waals surface area (Å²) in [7, 11) is 1.80. The average Bonchev–Trinajstić information content (AvgIpc) is 3.53. The summed E-state index contributed by atoms with van der Waals surface area (Å²) in [5.74, 6) is 1.47. The molecule has 1 saturated heterocycles. The lowest BCUT2D eigenvalue weighted by atomic mass is 9.91. The molecule has 3 aliphatic rings. The standard InChI is InChI=1S/C24H29N5O3/c1-15-20(18-10-22(24(30)28(3)14-18)29-6-8-31-9-7-29)11-19(13-25-15)26-16(2)21-12-23(32-27-21)17-4-5-17/h10-15,17,20,26H,2,4-9H2,1,3H3. The maximum absolute atomic E-state index is 12.8. The molecule has 0 amide bonds. The summed E-state index contributed by atoms with van der Waals surface area (Å²) in [4.78, 5) is 19.6. The fraction of sp³-hybridized carbons (Fsp3) is 0.458. The molecule has 1 N–H and O–H groups in total. The molecule has 2 atom stereocenters. The van der Waals surface area contributed by atoms with E-state index in [0.29, 0.717) is 30.5 Å². The van der Waals surface area contributed by atoms with E-state index in [4.69, 9.17) is 14.3 Å². The van der Waals surface area contributed by atoms with E-state index in [1.807, 2.05) is 24.5 Å². The van der Waals surface area contributed by atoms with Crippen molar-refractivity contribution in [3.8, 4) is 0 Å². The van der Waals surface area contributed by atoms with Crippen LogP contribution < -0.4 is 15.8 Å². The largest absolute Gasteiger partial charge is 0.378 e. The molecule has 2 fully saturated rings. The molecule has 8 heteroatoms. The van der Waals surface area contributed by atoms with E-state index in [9.17, 15) is 4.79 Å². The van der Waals surface area contributed by atoms with Crippen molar-refractivity contribution in [2.24, 2.45) is 12.0 Å². The molecule has 32 heavy (non-hydrogen) atoms. The van der Waals surface area contributed by atoms with Gasteiger partial charge in [0.1, 0.15) is 17.1 Å². The molecule has 168 valence electrons. The van der Waals surface area contributed by atoms with Crippen LogP contribution in [-0.4, -0.2) is 48.3 Å². The number of morpholine rings is 1. The molecule has 0 radical (unpaired) electrons. The molecule has 2 aliphatic heterocycles. The Hall–Kier alpha value is -3.13. The van der Waals surface area contributed by atoms with Gasteiger partial charge in [-0.05, 0) is 37.5 Å². The third-order valence-electron chi connectivity index (χ3n) is 6.36. The van der Waals surface area contributed by atoms with Gasteiger partial charge >= 0.3 is 0 Å². The Kier molecular flexibility index (Phi) is 5.46. The minimum absolute atomic E-state index is 0.0100. The second-order valence-electron chi connectivity index (χ2n) is 8.83. The van der Waals surface area contributed by atoms with Crippen LogP contribution in [0.3, 0.4) is 0 Å². The molecule has 2 unspecified atom stereocenters. The maximum atomic E-state index is 12.8. The van der Waals surface area contributed by atoms with Crippen molar-refractivity contribution >= 4 is 17.6 Å². The predicted molar refractivity (Wildman–Crippen MR) is 124 cm³/mol. The molecule has 2 aromatic heterocycles. The number of hydrogen-bond acceptors (Lipinski definition) is 7. The Balaban J connectivity index is 1.38. The van der Waals surface area contributed by atoms with E-state index in [2.05, 4.69) is 35.0 Å². The second-order valence-corrected chi connectivity index (χ2v) is 8.83. The number of aromatic nitrogens is 2. The van der Waals surface area contributed by atoms with Crippen LogP contribution in [0.2, 0.25) is 0 Å². The van der Waals surface area contributed by atoms with Crippen LogP contribution in [0.25, 0.3) is 5.70 Å². The molecule has 0 aromatic carbocycles. The summed E-state index contributed by atoms with van der Waals surface area (Å²) in [6.45, 7) is 8.93. The molecule has 1 saturated carbocycles. The Bertz CT molecular complexity index is 1130. The zero-order valence-electron chi connectivity index (χ0n) is 18.6. The van der Waals surface area contributed by atoms with Crippen LogP contribution in [0.15, 0.2) is 51.0 Å². The minimum atomic E-state index is 0.0100. The second kappa shape index (κ2) is 8.43. The van der Waals surface area contributed by atoms with E-state index in [-0.39, 0.29) is 17.5 Å². The first-order chi connectivity index (χ1) is 15.5. The summed E-state index contributed by atoms with van der Waals surface area (Å²) >= 11 is 0. The van der Waals surface area contributed by atoms with Crippen molar-refractivity contribution in [2.75, 3.05) is 31.2 Å². The van der Waals surface area contributed by atoms with Crippen molar-refractivity contribution in [1.82, 2.24) is 15.0 Å². The number of allylic oxidation sites excluding steroid dienone is 1. The van der Waals surface area contributed by atoms with Gasteiger partial charge in [0, 0.05) is 50.5 Å². The molecular weight excluding hydrogens is 406 g/mol. The zero-order valence-corrected chi connectivity index (χ0v) is 18.6. The quantitative estimate of drug-likeness (QED) is 0.751. The van der Waals surface area contributed by atoms with Gasteiger partial charge in [0.05, 0.1) is 30.6 Å².